The van der Waals surface area contributed by atoms with E-state index in [4.69, 9.17) is 0 Å². The summed E-state index contributed by atoms with van der Waals surface area (Å²) >= 11 is 0. The third-order valence-electron chi connectivity index (χ3n) is 5.33. The van der Waals surface area contributed by atoms with Gasteiger partial charge in [-0.05, 0) is 42.7 Å². The third kappa shape index (κ3) is 7.24. The van der Waals surface area contributed by atoms with Crippen molar-refractivity contribution in [2.24, 2.45) is 4.99 Å². The summed E-state index contributed by atoms with van der Waals surface area (Å²) in [4.78, 5) is 26.6. The van der Waals surface area contributed by atoms with Gasteiger partial charge >= 0.3 is 6.18 Å². The Morgan fingerprint density at radius 3 is 2.53 bits per heavy atom. The van der Waals surface area contributed by atoms with E-state index < -0.39 is 23.5 Å². The van der Waals surface area contributed by atoms with Crippen molar-refractivity contribution in [1.29, 1.82) is 0 Å². The molecule has 0 saturated heterocycles. The molecule has 36 heavy (non-hydrogen) atoms. The van der Waals surface area contributed by atoms with E-state index >= 15 is 0 Å². The third-order valence-corrected chi connectivity index (χ3v) is 5.33. The van der Waals surface area contributed by atoms with Gasteiger partial charge in [-0.1, -0.05) is 18.7 Å². The number of aliphatic imine (C=N–C) groups is 1. The first-order valence-electron chi connectivity index (χ1n) is 11.1. The van der Waals surface area contributed by atoms with Crippen LogP contribution >= 0.6 is 0 Å². The number of anilines is 1. The lowest BCUT2D eigenvalue weighted by atomic mass is 10.0. The summed E-state index contributed by atoms with van der Waals surface area (Å²) in [7, 11) is 1.92. The van der Waals surface area contributed by atoms with Crippen molar-refractivity contribution in [2.75, 3.05) is 25.5 Å². The number of alkyl halides is 3. The molecule has 2 aromatic rings. The lowest BCUT2D eigenvalue weighted by Gasteiger charge is -2.16. The van der Waals surface area contributed by atoms with Gasteiger partial charge in [-0.15, -0.1) is 0 Å². The second-order valence-corrected chi connectivity index (χ2v) is 8.00. The summed E-state index contributed by atoms with van der Waals surface area (Å²) in [6, 6.07) is 4.30. The Labute approximate surface area is 206 Å². The lowest BCUT2D eigenvalue weighted by Crippen LogP contribution is -2.33. The van der Waals surface area contributed by atoms with Crippen LogP contribution in [0.2, 0.25) is 0 Å². The highest BCUT2D eigenvalue weighted by Gasteiger charge is 2.34. The standard InChI is InChI=1S/C25H26F4N6O/c1-4-20(15-35(3)5-2)33-24-31-13-18(14-32-24)16-6-7-17(21(26)10-16)11-23(36)34-22-12-19(8-9-30-22)25(27,28)29/h4,6-7,10,12-15H,1,5,8-9,11H2,2-3H3,(H,30,34,36)(H,31,32,33)/b20-15+. The van der Waals surface area contributed by atoms with Crippen LogP contribution in [0.15, 0.2) is 71.8 Å². The van der Waals surface area contributed by atoms with Crippen LogP contribution in [0.25, 0.3) is 11.1 Å². The van der Waals surface area contributed by atoms with Crippen LogP contribution in [-0.2, 0) is 11.2 Å². The second kappa shape index (κ2) is 11.6. The molecule has 0 fully saturated rings. The van der Waals surface area contributed by atoms with Gasteiger partial charge in [0.2, 0.25) is 11.9 Å². The Kier molecular flexibility index (Phi) is 8.57. The molecule has 2 N–H and O–H groups in total. The van der Waals surface area contributed by atoms with Crippen molar-refractivity contribution in [3.8, 4) is 11.1 Å². The van der Waals surface area contributed by atoms with Gasteiger partial charge in [-0.3, -0.25) is 9.79 Å². The zero-order valence-electron chi connectivity index (χ0n) is 19.9. The molecule has 11 heteroatoms. The number of rotatable bonds is 8. The average molecular weight is 503 g/mol. The molecule has 0 bridgehead atoms. The number of amides is 1. The Bertz CT molecular complexity index is 1200. The Balaban J connectivity index is 1.65. The van der Waals surface area contributed by atoms with Crippen molar-refractivity contribution in [3.63, 3.8) is 0 Å². The number of dihydropyridines is 1. The lowest BCUT2D eigenvalue weighted by molar-refractivity contribution is -0.119. The molecule has 1 aromatic carbocycles. The Hall–Kier alpha value is -4.02. The van der Waals surface area contributed by atoms with Crippen molar-refractivity contribution in [1.82, 2.24) is 20.2 Å². The minimum absolute atomic E-state index is 0.0820. The largest absolute Gasteiger partial charge is 0.412 e. The molecule has 0 radical (unpaired) electrons. The van der Waals surface area contributed by atoms with Crippen molar-refractivity contribution in [2.45, 2.75) is 25.9 Å². The summed E-state index contributed by atoms with van der Waals surface area (Å²) in [6.07, 6.45) is 2.28. The number of nitrogens with one attached hydrogen (secondary N) is 2. The molecule has 1 aromatic heterocycles. The van der Waals surface area contributed by atoms with E-state index in [0.717, 1.165) is 12.6 Å². The topological polar surface area (TPSA) is 82.5 Å². The first-order chi connectivity index (χ1) is 17.1. The van der Waals surface area contributed by atoms with Gasteiger partial charge in [0.05, 0.1) is 12.1 Å². The van der Waals surface area contributed by atoms with E-state index in [1.807, 2.05) is 25.1 Å². The summed E-state index contributed by atoms with van der Waals surface area (Å²) in [5, 5.41) is 5.35. The summed E-state index contributed by atoms with van der Waals surface area (Å²) in [5.74, 6) is -1.14. The molecule has 0 unspecified atom stereocenters. The van der Waals surface area contributed by atoms with Crippen LogP contribution < -0.4 is 10.6 Å². The Morgan fingerprint density at radius 1 is 1.19 bits per heavy atom. The van der Waals surface area contributed by atoms with E-state index in [9.17, 15) is 22.4 Å². The molecule has 0 saturated carbocycles. The minimum atomic E-state index is -4.48. The summed E-state index contributed by atoms with van der Waals surface area (Å²) in [6.45, 7) is 6.50. The SMILES string of the molecule is C=C/C(=C\N(C)CC)Nc1ncc(-c2ccc(CC(=O)NC3=NCCC(C(F)(F)F)=C3)c(F)c2)cn1. The molecule has 3 rings (SSSR count). The highest BCUT2D eigenvalue weighted by Crippen LogP contribution is 2.29. The number of aromatic nitrogens is 2. The van der Waals surface area contributed by atoms with Crippen molar-refractivity contribution in [3.05, 3.63) is 78.2 Å². The molecule has 0 aliphatic carbocycles. The Morgan fingerprint density at radius 2 is 1.92 bits per heavy atom. The second-order valence-electron chi connectivity index (χ2n) is 8.00. The van der Waals surface area contributed by atoms with Gasteiger partial charge in [-0.2, -0.15) is 13.2 Å². The van der Waals surface area contributed by atoms with Gasteiger partial charge in [-0.25, -0.2) is 14.4 Å². The van der Waals surface area contributed by atoms with Crippen molar-refractivity contribution < 1.29 is 22.4 Å². The zero-order valence-corrected chi connectivity index (χ0v) is 19.9. The van der Waals surface area contributed by atoms with Crippen LogP contribution in [0.1, 0.15) is 18.9 Å². The van der Waals surface area contributed by atoms with Crippen LogP contribution in [-0.4, -0.2) is 52.9 Å². The van der Waals surface area contributed by atoms with Gasteiger partial charge < -0.3 is 15.5 Å². The number of hydrogen-bond donors (Lipinski definition) is 2. The number of carbonyl (C=O) groups is 1. The maximum absolute atomic E-state index is 14.7. The fourth-order valence-electron chi connectivity index (χ4n) is 3.24. The van der Waals surface area contributed by atoms with Crippen molar-refractivity contribution >= 4 is 17.7 Å². The smallest absolute Gasteiger partial charge is 0.379 e. The molecule has 1 amide bonds. The molecule has 2 heterocycles. The first-order valence-corrected chi connectivity index (χ1v) is 11.1. The fourth-order valence-corrected chi connectivity index (χ4v) is 3.24. The molecule has 7 nitrogen and oxygen atoms in total. The van der Waals surface area contributed by atoms with Gasteiger partial charge in [0.15, 0.2) is 0 Å². The van der Waals surface area contributed by atoms with Crippen LogP contribution in [0.5, 0.6) is 0 Å². The van der Waals surface area contributed by atoms with E-state index in [1.165, 1.54) is 24.5 Å². The number of nitrogens with zero attached hydrogens (tertiary/aromatic N) is 4. The van der Waals surface area contributed by atoms with Gasteiger partial charge in [0, 0.05) is 49.9 Å². The van der Waals surface area contributed by atoms with Gasteiger partial charge in [0.25, 0.3) is 0 Å². The summed E-state index contributed by atoms with van der Waals surface area (Å²) < 4.78 is 53.3. The van der Waals surface area contributed by atoms with Crippen LogP contribution in [0.3, 0.4) is 0 Å². The number of hydrogen-bond acceptors (Lipinski definition) is 6. The zero-order chi connectivity index (χ0) is 26.3. The normalized spacial score (nSPS) is 14.0. The maximum Gasteiger partial charge on any atom is 0.412 e. The summed E-state index contributed by atoms with van der Waals surface area (Å²) in [5.41, 5.74) is 1.10. The molecule has 190 valence electrons. The highest BCUT2D eigenvalue weighted by atomic mass is 19.4. The van der Waals surface area contributed by atoms with E-state index in [2.05, 4.69) is 32.2 Å². The number of carbonyl (C=O) groups excluding carboxylic acids is 1. The predicted octanol–water partition coefficient (Wildman–Crippen LogP) is 4.62. The molecular weight excluding hydrogens is 476 g/mol. The van der Waals surface area contributed by atoms with E-state index in [-0.39, 0.29) is 30.8 Å². The number of amidine groups is 1. The average Bonchev–Trinajstić information content (AvgIpc) is 2.84. The molecular formula is C25H26F4N6O. The molecule has 1 aliphatic rings. The van der Waals surface area contributed by atoms with Crippen LogP contribution in [0.4, 0.5) is 23.5 Å². The monoisotopic (exact) mass is 502 g/mol. The first kappa shape index (κ1) is 26.6. The number of halogens is 4. The fraction of sp³-hybridized carbons (Fsp3) is 0.280. The minimum Gasteiger partial charge on any atom is -0.379 e. The maximum atomic E-state index is 14.7. The van der Waals surface area contributed by atoms with Crippen LogP contribution in [0, 0.1) is 5.82 Å². The highest BCUT2D eigenvalue weighted by molar-refractivity contribution is 6.05. The molecule has 0 spiro atoms. The van der Waals surface area contributed by atoms with Gasteiger partial charge in [0.1, 0.15) is 11.7 Å². The van der Waals surface area contributed by atoms with E-state index in [1.54, 1.807) is 12.1 Å². The quantitative estimate of drug-likeness (QED) is 0.407. The molecule has 1 aliphatic heterocycles. The predicted molar refractivity (Wildman–Crippen MR) is 131 cm³/mol. The molecule has 0 atom stereocenters. The number of allylic oxidation sites excluding steroid dienone is 1. The van der Waals surface area contributed by atoms with E-state index in [0.29, 0.717) is 22.8 Å². The number of benzene rings is 1.